The summed E-state index contributed by atoms with van der Waals surface area (Å²) in [6.07, 6.45) is 0.401. The normalized spacial score (nSPS) is 25.7. The molecule has 1 heterocycles. The van der Waals surface area contributed by atoms with E-state index < -0.39 is 0 Å². The Morgan fingerprint density at radius 1 is 1.39 bits per heavy atom. The van der Waals surface area contributed by atoms with E-state index >= 15 is 0 Å². The van der Waals surface area contributed by atoms with Crippen LogP contribution in [0, 0.1) is 11.3 Å². The van der Waals surface area contributed by atoms with Gasteiger partial charge in [-0.15, -0.1) is 0 Å². The van der Waals surface area contributed by atoms with Crippen molar-refractivity contribution in [2.45, 2.75) is 32.4 Å². The molecule has 0 aliphatic carbocycles. The number of piperazine rings is 1. The van der Waals surface area contributed by atoms with Crippen LogP contribution in [0.4, 0.5) is 0 Å². The summed E-state index contributed by atoms with van der Waals surface area (Å²) < 4.78 is 0. The fourth-order valence-electron chi connectivity index (χ4n) is 2.30. The molecule has 1 saturated heterocycles. The fourth-order valence-corrected chi connectivity index (χ4v) is 2.30. The van der Waals surface area contributed by atoms with Gasteiger partial charge in [0.2, 0.25) is 5.91 Å². The maximum atomic E-state index is 12.0. The molecule has 1 aliphatic rings. The average Bonchev–Trinajstić information content (AvgIpc) is 2.32. The molecule has 18 heavy (non-hydrogen) atoms. The smallest absolute Gasteiger partial charge is 0.236 e. The van der Waals surface area contributed by atoms with E-state index in [1.165, 1.54) is 0 Å². The van der Waals surface area contributed by atoms with Crippen molar-refractivity contribution in [3.63, 3.8) is 0 Å². The van der Waals surface area contributed by atoms with Crippen molar-refractivity contribution in [1.29, 1.82) is 5.26 Å². The van der Waals surface area contributed by atoms with Gasteiger partial charge in [-0.25, -0.2) is 0 Å². The molecule has 0 N–H and O–H groups in total. The molecule has 0 radical (unpaired) electrons. The molecule has 0 aromatic heterocycles. The second-order valence-corrected chi connectivity index (χ2v) is 5.28. The van der Waals surface area contributed by atoms with Gasteiger partial charge in [0.1, 0.15) is 0 Å². The Morgan fingerprint density at radius 3 is 2.44 bits per heavy atom. The Kier molecular flexibility index (Phi) is 5.57. The minimum Gasteiger partial charge on any atom is -0.344 e. The third kappa shape index (κ3) is 3.97. The van der Waals surface area contributed by atoms with Crippen molar-refractivity contribution < 1.29 is 4.79 Å². The van der Waals surface area contributed by atoms with Crippen LogP contribution in [0.2, 0.25) is 0 Å². The van der Waals surface area contributed by atoms with Crippen LogP contribution in [0.1, 0.15) is 20.3 Å². The van der Waals surface area contributed by atoms with Crippen molar-refractivity contribution in [2.24, 2.45) is 0 Å². The number of carbonyl (C=O) groups is 1. The standard InChI is InChI=1S/C13H24N4O/c1-11-8-17(9-12(2)16(11)4)10-13(18)15(3)7-5-6-14/h11-12H,5,7-10H2,1-4H3. The Balaban J connectivity index is 2.43. The van der Waals surface area contributed by atoms with Crippen molar-refractivity contribution in [2.75, 3.05) is 40.3 Å². The van der Waals surface area contributed by atoms with Gasteiger partial charge in [-0.2, -0.15) is 5.26 Å². The largest absolute Gasteiger partial charge is 0.344 e. The predicted octanol–water partition coefficient (Wildman–Crippen LogP) is 0.383. The lowest BCUT2D eigenvalue weighted by molar-refractivity contribution is -0.132. The van der Waals surface area contributed by atoms with Gasteiger partial charge in [0, 0.05) is 38.8 Å². The molecule has 0 spiro atoms. The topological polar surface area (TPSA) is 50.6 Å². The van der Waals surface area contributed by atoms with E-state index in [0.29, 0.717) is 31.6 Å². The van der Waals surface area contributed by atoms with Crippen molar-refractivity contribution in [1.82, 2.24) is 14.7 Å². The van der Waals surface area contributed by atoms with Crippen LogP contribution in [-0.4, -0.2) is 73.0 Å². The van der Waals surface area contributed by atoms with Gasteiger partial charge >= 0.3 is 0 Å². The second kappa shape index (κ2) is 6.72. The summed E-state index contributed by atoms with van der Waals surface area (Å²) >= 11 is 0. The van der Waals surface area contributed by atoms with Gasteiger partial charge in [0.25, 0.3) is 0 Å². The number of nitriles is 1. The van der Waals surface area contributed by atoms with Gasteiger partial charge in [-0.05, 0) is 20.9 Å². The number of likely N-dealkylation sites (N-methyl/N-ethyl adjacent to an activating group) is 2. The molecule has 0 saturated carbocycles. The summed E-state index contributed by atoms with van der Waals surface area (Å²) in [4.78, 5) is 18.2. The minimum atomic E-state index is 0.106. The molecule has 2 unspecified atom stereocenters. The van der Waals surface area contributed by atoms with Crippen LogP contribution in [0.5, 0.6) is 0 Å². The molecule has 0 aromatic rings. The lowest BCUT2D eigenvalue weighted by atomic mass is 10.1. The number of amides is 1. The maximum Gasteiger partial charge on any atom is 0.236 e. The summed E-state index contributed by atoms with van der Waals surface area (Å²) in [7, 11) is 3.90. The highest BCUT2D eigenvalue weighted by atomic mass is 16.2. The molecule has 0 aromatic carbocycles. The number of hydrogen-bond acceptors (Lipinski definition) is 4. The first-order valence-electron chi connectivity index (χ1n) is 6.51. The third-order valence-corrected chi connectivity index (χ3v) is 3.78. The molecule has 0 bridgehead atoms. The van der Waals surface area contributed by atoms with Crippen molar-refractivity contribution in [3.8, 4) is 6.07 Å². The summed E-state index contributed by atoms with van der Waals surface area (Å²) in [6.45, 7) is 7.22. The lowest BCUT2D eigenvalue weighted by Gasteiger charge is -2.42. The summed E-state index contributed by atoms with van der Waals surface area (Å²) in [5.74, 6) is 0.106. The minimum absolute atomic E-state index is 0.106. The molecule has 2 atom stereocenters. The van der Waals surface area contributed by atoms with Crippen molar-refractivity contribution >= 4 is 5.91 Å². The molecule has 1 rings (SSSR count). The van der Waals surface area contributed by atoms with E-state index in [1.54, 1.807) is 11.9 Å². The van der Waals surface area contributed by atoms with Gasteiger partial charge < -0.3 is 4.90 Å². The van der Waals surface area contributed by atoms with E-state index in [2.05, 4.69) is 36.8 Å². The molecule has 1 amide bonds. The van der Waals surface area contributed by atoms with Gasteiger partial charge in [0.15, 0.2) is 0 Å². The van der Waals surface area contributed by atoms with Crippen LogP contribution >= 0.6 is 0 Å². The van der Waals surface area contributed by atoms with E-state index in [-0.39, 0.29) is 5.91 Å². The van der Waals surface area contributed by atoms with Crippen LogP contribution in [0.15, 0.2) is 0 Å². The van der Waals surface area contributed by atoms with Crippen LogP contribution < -0.4 is 0 Å². The first-order chi connectivity index (χ1) is 8.45. The van der Waals surface area contributed by atoms with E-state index in [1.807, 2.05) is 0 Å². The molecule has 5 heteroatoms. The van der Waals surface area contributed by atoms with Crippen LogP contribution in [0.25, 0.3) is 0 Å². The molecule has 1 fully saturated rings. The molecule has 5 nitrogen and oxygen atoms in total. The highest BCUT2D eigenvalue weighted by Gasteiger charge is 2.27. The Hall–Kier alpha value is -1.12. The fraction of sp³-hybridized carbons (Fsp3) is 0.846. The summed E-state index contributed by atoms with van der Waals surface area (Å²) in [5.41, 5.74) is 0. The SMILES string of the molecule is CC1CN(CC(=O)N(C)CCC#N)CC(C)N1C. The maximum absolute atomic E-state index is 12.0. The van der Waals surface area contributed by atoms with E-state index in [4.69, 9.17) is 5.26 Å². The van der Waals surface area contributed by atoms with Crippen LogP contribution in [-0.2, 0) is 4.79 Å². The van der Waals surface area contributed by atoms with Gasteiger partial charge in [-0.1, -0.05) is 0 Å². The Labute approximate surface area is 110 Å². The highest BCUT2D eigenvalue weighted by Crippen LogP contribution is 2.13. The van der Waals surface area contributed by atoms with E-state index in [9.17, 15) is 4.79 Å². The summed E-state index contributed by atoms with van der Waals surface area (Å²) in [6, 6.07) is 3.02. The Bertz CT molecular complexity index is 313. The van der Waals surface area contributed by atoms with Crippen LogP contribution in [0.3, 0.4) is 0 Å². The molecular formula is C13H24N4O. The quantitative estimate of drug-likeness (QED) is 0.726. The average molecular weight is 252 g/mol. The third-order valence-electron chi connectivity index (χ3n) is 3.78. The first-order valence-corrected chi connectivity index (χ1v) is 6.51. The van der Waals surface area contributed by atoms with Crippen molar-refractivity contribution in [3.05, 3.63) is 0 Å². The van der Waals surface area contributed by atoms with Gasteiger partial charge in [0.05, 0.1) is 19.0 Å². The Morgan fingerprint density at radius 2 is 1.94 bits per heavy atom. The zero-order valence-corrected chi connectivity index (χ0v) is 11.9. The van der Waals surface area contributed by atoms with Gasteiger partial charge in [-0.3, -0.25) is 14.6 Å². The first kappa shape index (κ1) is 14.9. The zero-order chi connectivity index (χ0) is 13.7. The lowest BCUT2D eigenvalue weighted by Crippen LogP contribution is -2.56. The molecule has 1 aliphatic heterocycles. The summed E-state index contributed by atoms with van der Waals surface area (Å²) in [5, 5.41) is 8.51. The highest BCUT2D eigenvalue weighted by molar-refractivity contribution is 5.78. The number of rotatable bonds is 4. The zero-order valence-electron chi connectivity index (χ0n) is 11.9. The number of hydrogen-bond donors (Lipinski definition) is 0. The predicted molar refractivity (Wildman–Crippen MR) is 71.0 cm³/mol. The number of nitrogens with zero attached hydrogens (tertiary/aromatic N) is 4. The molecule has 102 valence electrons. The monoisotopic (exact) mass is 252 g/mol. The van der Waals surface area contributed by atoms with E-state index in [0.717, 1.165) is 13.1 Å². The number of carbonyl (C=O) groups excluding carboxylic acids is 1. The second-order valence-electron chi connectivity index (χ2n) is 5.28. The molecular weight excluding hydrogens is 228 g/mol.